The van der Waals surface area contributed by atoms with Gasteiger partial charge < -0.3 is 13.9 Å². The van der Waals surface area contributed by atoms with Crippen molar-refractivity contribution in [2.75, 3.05) is 7.11 Å². The Labute approximate surface area is 208 Å². The number of H-pyrrole nitrogens is 1. The maximum Gasteiger partial charge on any atom is 0.358 e. The first-order valence-electron chi connectivity index (χ1n) is 11.9. The first kappa shape index (κ1) is 23.2. The lowest BCUT2D eigenvalue weighted by molar-refractivity contribution is 0.0588. The van der Waals surface area contributed by atoms with E-state index >= 15 is 0 Å². The van der Waals surface area contributed by atoms with Crippen molar-refractivity contribution in [3.8, 4) is 28.3 Å². The minimum Gasteiger partial charge on any atom is -0.464 e. The molecule has 0 saturated heterocycles. The average molecular weight is 482 g/mol. The van der Waals surface area contributed by atoms with Crippen LogP contribution in [0.4, 0.5) is 0 Å². The quantitative estimate of drug-likeness (QED) is 0.306. The Hall–Kier alpha value is -4.53. The molecule has 0 aliphatic heterocycles. The van der Waals surface area contributed by atoms with Gasteiger partial charge in [-0.25, -0.2) is 9.78 Å². The Kier molecular flexibility index (Phi) is 6.70. The highest BCUT2D eigenvalue weighted by Gasteiger charge is 2.25. The van der Waals surface area contributed by atoms with Crippen LogP contribution in [0.2, 0.25) is 0 Å². The highest BCUT2D eigenvalue weighted by molar-refractivity contribution is 5.91. The molecule has 2 aromatic carbocycles. The largest absolute Gasteiger partial charge is 0.464 e. The number of imidazole rings is 1. The molecule has 1 N–H and O–H groups in total. The van der Waals surface area contributed by atoms with Crippen LogP contribution in [0.15, 0.2) is 73.1 Å². The van der Waals surface area contributed by atoms with Crippen LogP contribution in [0.5, 0.6) is 0 Å². The molecule has 3 aromatic heterocycles. The number of nitrogens with zero attached hydrogens (tertiary/aromatic N) is 6. The number of ether oxygens (including phenoxy) is 1. The third-order valence-corrected chi connectivity index (χ3v) is 6.13. The number of nitrogens with one attached hydrogen (secondary N) is 1. The first-order chi connectivity index (χ1) is 17.7. The molecule has 9 heteroatoms. The van der Waals surface area contributed by atoms with E-state index in [2.05, 4.69) is 51.8 Å². The van der Waals surface area contributed by atoms with E-state index in [1.165, 1.54) is 7.11 Å². The maximum absolute atomic E-state index is 12.9. The number of rotatable bonds is 9. The Bertz CT molecular complexity index is 1440. The van der Waals surface area contributed by atoms with Crippen LogP contribution in [0.25, 0.3) is 28.3 Å². The van der Waals surface area contributed by atoms with E-state index in [1.54, 1.807) is 0 Å². The van der Waals surface area contributed by atoms with E-state index in [-0.39, 0.29) is 0 Å². The monoisotopic (exact) mass is 481 g/mol. The van der Waals surface area contributed by atoms with Crippen molar-refractivity contribution < 1.29 is 9.53 Å². The van der Waals surface area contributed by atoms with Gasteiger partial charge in [0.1, 0.15) is 5.82 Å². The summed E-state index contributed by atoms with van der Waals surface area (Å²) in [4.78, 5) is 17.8. The minimum atomic E-state index is -0.403. The molecule has 9 nitrogen and oxygen atoms in total. The van der Waals surface area contributed by atoms with E-state index in [0.29, 0.717) is 23.9 Å². The van der Waals surface area contributed by atoms with Crippen LogP contribution >= 0.6 is 0 Å². The summed E-state index contributed by atoms with van der Waals surface area (Å²) >= 11 is 0. The number of hydrogen-bond donors (Lipinski definition) is 1. The molecule has 36 heavy (non-hydrogen) atoms. The van der Waals surface area contributed by atoms with E-state index in [4.69, 9.17) is 9.72 Å². The molecule has 0 atom stereocenters. The summed E-state index contributed by atoms with van der Waals surface area (Å²) in [5.41, 5.74) is 4.46. The number of aromatic nitrogens is 7. The van der Waals surface area contributed by atoms with Crippen molar-refractivity contribution in [2.45, 2.75) is 32.7 Å². The summed E-state index contributed by atoms with van der Waals surface area (Å²) in [5, 5.41) is 14.5. The van der Waals surface area contributed by atoms with Gasteiger partial charge in [-0.2, -0.15) is 5.21 Å². The van der Waals surface area contributed by atoms with E-state index < -0.39 is 5.97 Å². The van der Waals surface area contributed by atoms with Crippen LogP contribution in [-0.2, 0) is 17.7 Å². The number of hydrogen-bond acceptors (Lipinski definition) is 6. The second kappa shape index (κ2) is 10.4. The molecular formula is C27H27N7O2. The topological polar surface area (TPSA) is 104 Å². The Morgan fingerprint density at radius 2 is 1.75 bits per heavy atom. The highest BCUT2D eigenvalue weighted by Crippen LogP contribution is 2.30. The predicted octanol–water partition coefficient (Wildman–Crippen LogP) is 4.70. The number of unbranched alkanes of at least 4 members (excludes halogenated alkanes) is 1. The van der Waals surface area contributed by atoms with Gasteiger partial charge in [0, 0.05) is 30.9 Å². The zero-order chi connectivity index (χ0) is 24.9. The summed E-state index contributed by atoms with van der Waals surface area (Å²) < 4.78 is 9.01. The number of carbonyl (C=O) groups is 1. The zero-order valence-electron chi connectivity index (χ0n) is 20.3. The van der Waals surface area contributed by atoms with Crippen molar-refractivity contribution in [1.82, 2.24) is 34.7 Å². The van der Waals surface area contributed by atoms with Crippen LogP contribution in [0.1, 0.15) is 41.6 Å². The highest BCUT2D eigenvalue weighted by atomic mass is 16.5. The molecule has 0 unspecified atom stereocenters. The molecule has 0 saturated carbocycles. The van der Waals surface area contributed by atoms with Crippen molar-refractivity contribution in [3.05, 3.63) is 90.1 Å². The molecule has 0 fully saturated rings. The number of tetrazole rings is 1. The molecule has 0 bridgehead atoms. The Morgan fingerprint density at radius 3 is 2.42 bits per heavy atom. The van der Waals surface area contributed by atoms with Crippen LogP contribution < -0.4 is 0 Å². The summed E-state index contributed by atoms with van der Waals surface area (Å²) in [5.74, 6) is 1.60. The zero-order valence-corrected chi connectivity index (χ0v) is 20.3. The maximum atomic E-state index is 12.9. The lowest BCUT2D eigenvalue weighted by atomic mass is 9.98. The Balaban J connectivity index is 1.51. The van der Waals surface area contributed by atoms with Crippen molar-refractivity contribution in [1.29, 1.82) is 0 Å². The lowest BCUT2D eigenvalue weighted by Crippen LogP contribution is -2.15. The van der Waals surface area contributed by atoms with E-state index in [1.807, 2.05) is 57.9 Å². The van der Waals surface area contributed by atoms with Crippen molar-refractivity contribution in [3.63, 3.8) is 0 Å². The summed E-state index contributed by atoms with van der Waals surface area (Å²) in [6.07, 6.45) is 6.57. The van der Waals surface area contributed by atoms with Gasteiger partial charge in [-0.3, -0.25) is 0 Å². The van der Waals surface area contributed by atoms with Crippen molar-refractivity contribution in [2.24, 2.45) is 0 Å². The van der Waals surface area contributed by atoms with Crippen LogP contribution in [0, 0.1) is 0 Å². The minimum absolute atomic E-state index is 0.403. The van der Waals surface area contributed by atoms with Crippen LogP contribution in [0.3, 0.4) is 0 Å². The average Bonchev–Trinajstić information content (AvgIpc) is 3.69. The van der Waals surface area contributed by atoms with Crippen LogP contribution in [-0.4, -0.2) is 47.8 Å². The molecule has 0 aliphatic rings. The molecule has 0 spiro atoms. The fraction of sp³-hybridized carbons (Fsp3) is 0.222. The SMILES string of the molecule is CCCCc1nc(-n2cccc2)c(C(=O)OC)n1Cc1ccc(-c2ccccc2-c2nn[nH]n2)cc1. The fourth-order valence-corrected chi connectivity index (χ4v) is 4.31. The van der Waals surface area contributed by atoms with Gasteiger partial charge in [0.15, 0.2) is 11.5 Å². The van der Waals surface area contributed by atoms with Gasteiger partial charge in [-0.15, -0.1) is 10.2 Å². The Morgan fingerprint density at radius 1 is 1.00 bits per heavy atom. The molecule has 182 valence electrons. The van der Waals surface area contributed by atoms with Crippen molar-refractivity contribution >= 4 is 5.97 Å². The second-order valence-corrected chi connectivity index (χ2v) is 8.45. The third-order valence-electron chi connectivity index (χ3n) is 6.13. The first-order valence-corrected chi connectivity index (χ1v) is 11.9. The predicted molar refractivity (Wildman–Crippen MR) is 136 cm³/mol. The number of esters is 1. The standard InChI is InChI=1S/C27H27N7O2/c1-3-4-11-23-28-26(33-16-7-8-17-33)24(27(35)36-2)34(23)18-19-12-14-20(15-13-19)21-9-5-6-10-22(21)25-29-31-32-30-25/h5-10,12-17H,3-4,11,18H2,1-2H3,(H,29,30,31,32). The van der Waals surface area contributed by atoms with Gasteiger partial charge in [-0.1, -0.05) is 61.9 Å². The number of benzene rings is 2. The summed E-state index contributed by atoms with van der Waals surface area (Å²) in [6, 6.07) is 20.1. The molecule has 3 heterocycles. The molecule has 5 aromatic rings. The fourth-order valence-electron chi connectivity index (χ4n) is 4.31. The number of methoxy groups -OCH3 is 1. The van der Waals surface area contributed by atoms with Gasteiger partial charge in [0.25, 0.3) is 0 Å². The second-order valence-electron chi connectivity index (χ2n) is 8.45. The summed E-state index contributed by atoms with van der Waals surface area (Å²) in [7, 11) is 1.40. The van der Waals surface area contributed by atoms with E-state index in [9.17, 15) is 4.79 Å². The van der Waals surface area contributed by atoms with Gasteiger partial charge in [0.05, 0.1) is 7.11 Å². The van der Waals surface area contributed by atoms with Gasteiger partial charge >= 0.3 is 5.97 Å². The van der Waals surface area contributed by atoms with Gasteiger partial charge in [-0.05, 0) is 40.5 Å². The third kappa shape index (κ3) is 4.55. The van der Waals surface area contributed by atoms with Gasteiger partial charge in [0.2, 0.25) is 5.82 Å². The molecule has 0 aliphatic carbocycles. The molecule has 5 rings (SSSR count). The number of aryl methyl sites for hydroxylation is 1. The lowest BCUT2D eigenvalue weighted by Gasteiger charge is -2.13. The van der Waals surface area contributed by atoms with E-state index in [0.717, 1.165) is 47.3 Å². The molecule has 0 amide bonds. The number of aromatic amines is 1. The normalized spacial score (nSPS) is 11.1. The smallest absolute Gasteiger partial charge is 0.358 e. The summed E-state index contributed by atoms with van der Waals surface area (Å²) in [6.45, 7) is 2.65. The number of carbonyl (C=O) groups excluding carboxylic acids is 1. The molecular weight excluding hydrogens is 454 g/mol. The molecule has 0 radical (unpaired) electrons.